The molecular weight excluding hydrogens is 329 g/mol. The molecule has 6 heteroatoms. The van der Waals surface area contributed by atoms with Crippen LogP contribution in [0.25, 0.3) is 0 Å². The molecule has 1 aromatic rings. The summed E-state index contributed by atoms with van der Waals surface area (Å²) in [6, 6.07) is 3.57. The fourth-order valence-electron chi connectivity index (χ4n) is 1.13. The molecule has 0 fully saturated rings. The molecule has 0 unspecified atom stereocenters. The summed E-state index contributed by atoms with van der Waals surface area (Å²) in [6.45, 7) is 1.95. The van der Waals surface area contributed by atoms with Gasteiger partial charge in [0.15, 0.2) is 0 Å². The van der Waals surface area contributed by atoms with Crippen LogP contribution in [0.2, 0.25) is 10.0 Å². The van der Waals surface area contributed by atoms with Crippen molar-refractivity contribution in [2.45, 2.75) is 6.92 Å². The Hall–Kier alpha value is -0.000000000000000111. The van der Waals surface area contributed by atoms with Gasteiger partial charge in [-0.1, -0.05) is 30.1 Å². The lowest BCUT2D eigenvalue weighted by atomic mass is 9.93. The van der Waals surface area contributed by atoms with Crippen LogP contribution in [0, 0.1) is 5.41 Å². The van der Waals surface area contributed by atoms with Crippen molar-refractivity contribution in [1.82, 2.24) is 0 Å². The topological polar surface area (TPSA) is 52.5 Å². The van der Waals surface area contributed by atoms with E-state index in [0.29, 0.717) is 22.3 Å². The van der Waals surface area contributed by atoms with Crippen molar-refractivity contribution in [3.05, 3.63) is 26.7 Å². The molecule has 3 nitrogen and oxygen atoms in total. The zero-order valence-corrected chi connectivity index (χ0v) is 12.4. The van der Waals surface area contributed by atoms with E-state index in [1.54, 1.807) is 19.1 Å². The number of aliphatic hydroxyl groups is 2. The van der Waals surface area contributed by atoms with E-state index in [2.05, 4.69) is 21.2 Å². The van der Waals surface area contributed by atoms with Crippen LogP contribution in [0.15, 0.2) is 16.6 Å². The molecule has 0 saturated carbocycles. The van der Waals surface area contributed by atoms with Gasteiger partial charge in [0, 0.05) is 16.4 Å². The number of halogens is 3. The zero-order chi connectivity index (χ0) is 13.1. The van der Waals surface area contributed by atoms with Crippen molar-refractivity contribution >= 4 is 44.8 Å². The van der Waals surface area contributed by atoms with Crippen LogP contribution in [-0.4, -0.2) is 30.0 Å². The molecule has 0 aliphatic heterocycles. The quantitative estimate of drug-likeness (QED) is 0.720. The van der Waals surface area contributed by atoms with E-state index < -0.39 is 5.41 Å². The molecule has 0 aromatic heterocycles. The van der Waals surface area contributed by atoms with Crippen LogP contribution in [0.1, 0.15) is 6.92 Å². The Morgan fingerprint density at radius 3 is 2.35 bits per heavy atom. The van der Waals surface area contributed by atoms with Crippen LogP contribution in [0.4, 0.5) is 5.69 Å². The normalized spacial score (nSPS) is 11.6. The summed E-state index contributed by atoms with van der Waals surface area (Å²) in [5.74, 6) is 0. The number of rotatable bonds is 5. The van der Waals surface area contributed by atoms with Gasteiger partial charge >= 0.3 is 0 Å². The standard InChI is InChI=1S/C11H14BrCl2NO2/c1-11(5-16,6-17)4-15-8-3-2-7(12)9(13)10(8)14/h2-3,15-17H,4-6H2,1H3. The van der Waals surface area contributed by atoms with Crippen LogP contribution in [0.3, 0.4) is 0 Å². The largest absolute Gasteiger partial charge is 0.396 e. The van der Waals surface area contributed by atoms with E-state index in [1.807, 2.05) is 0 Å². The van der Waals surface area contributed by atoms with Crippen LogP contribution in [-0.2, 0) is 0 Å². The molecule has 0 aliphatic carbocycles. The monoisotopic (exact) mass is 341 g/mol. The van der Waals surface area contributed by atoms with Gasteiger partial charge in [-0.05, 0) is 28.1 Å². The van der Waals surface area contributed by atoms with Crippen molar-refractivity contribution in [3.63, 3.8) is 0 Å². The van der Waals surface area contributed by atoms with E-state index in [0.717, 1.165) is 4.47 Å². The molecule has 0 spiro atoms. The van der Waals surface area contributed by atoms with Crippen LogP contribution >= 0.6 is 39.1 Å². The van der Waals surface area contributed by atoms with E-state index >= 15 is 0 Å². The Labute approximate surface area is 119 Å². The molecular formula is C11H14BrCl2NO2. The van der Waals surface area contributed by atoms with Gasteiger partial charge in [0.1, 0.15) is 0 Å². The maximum absolute atomic E-state index is 9.16. The second-order valence-corrected chi connectivity index (χ2v) is 5.81. The summed E-state index contributed by atoms with van der Waals surface area (Å²) in [6.07, 6.45) is 0. The first-order valence-corrected chi connectivity index (χ1v) is 6.57. The minimum Gasteiger partial charge on any atom is -0.396 e. The molecule has 1 rings (SSSR count). The van der Waals surface area contributed by atoms with Gasteiger partial charge in [0.05, 0.1) is 28.9 Å². The highest BCUT2D eigenvalue weighted by Gasteiger charge is 2.22. The van der Waals surface area contributed by atoms with E-state index in [9.17, 15) is 0 Å². The van der Waals surface area contributed by atoms with Gasteiger partial charge in [0.2, 0.25) is 0 Å². The van der Waals surface area contributed by atoms with Gasteiger partial charge in [-0.15, -0.1) is 0 Å². The van der Waals surface area contributed by atoms with Crippen molar-refractivity contribution in [3.8, 4) is 0 Å². The molecule has 96 valence electrons. The maximum Gasteiger partial charge on any atom is 0.0835 e. The number of hydrogen-bond acceptors (Lipinski definition) is 3. The Balaban J connectivity index is 2.80. The summed E-state index contributed by atoms with van der Waals surface area (Å²) in [7, 11) is 0. The lowest BCUT2D eigenvalue weighted by molar-refractivity contribution is 0.0806. The fourth-order valence-corrected chi connectivity index (χ4v) is 1.97. The van der Waals surface area contributed by atoms with Crippen molar-refractivity contribution in [2.24, 2.45) is 5.41 Å². The number of benzene rings is 1. The molecule has 3 N–H and O–H groups in total. The third-order valence-corrected chi connectivity index (χ3v) is 4.28. The van der Waals surface area contributed by atoms with Crippen molar-refractivity contribution in [1.29, 1.82) is 0 Å². The van der Waals surface area contributed by atoms with Gasteiger partial charge in [-0.25, -0.2) is 0 Å². The number of aliphatic hydroxyl groups excluding tert-OH is 2. The Morgan fingerprint density at radius 2 is 1.82 bits per heavy atom. The molecule has 17 heavy (non-hydrogen) atoms. The molecule has 0 bridgehead atoms. The van der Waals surface area contributed by atoms with Gasteiger partial charge in [0.25, 0.3) is 0 Å². The summed E-state index contributed by atoms with van der Waals surface area (Å²) >= 11 is 15.3. The third-order valence-electron chi connectivity index (χ3n) is 2.50. The van der Waals surface area contributed by atoms with E-state index in [4.69, 9.17) is 33.4 Å². The highest BCUT2D eigenvalue weighted by molar-refractivity contribution is 9.10. The smallest absolute Gasteiger partial charge is 0.0835 e. The lowest BCUT2D eigenvalue weighted by Crippen LogP contribution is -2.34. The second-order valence-electron chi connectivity index (χ2n) is 4.20. The predicted octanol–water partition coefficient (Wildman–Crippen LogP) is 3.16. The third kappa shape index (κ3) is 3.73. The first kappa shape index (κ1) is 15.1. The van der Waals surface area contributed by atoms with Gasteiger partial charge in [-0.3, -0.25) is 0 Å². The average Bonchev–Trinajstić information content (AvgIpc) is 2.35. The van der Waals surface area contributed by atoms with E-state index in [1.165, 1.54) is 0 Å². The first-order valence-electron chi connectivity index (χ1n) is 5.02. The molecule has 0 atom stereocenters. The first-order chi connectivity index (χ1) is 7.93. The minimum absolute atomic E-state index is 0.113. The van der Waals surface area contributed by atoms with Crippen molar-refractivity contribution in [2.75, 3.05) is 25.1 Å². The Morgan fingerprint density at radius 1 is 1.24 bits per heavy atom. The SMILES string of the molecule is CC(CO)(CO)CNc1ccc(Br)c(Cl)c1Cl. The fraction of sp³-hybridized carbons (Fsp3) is 0.455. The highest BCUT2D eigenvalue weighted by atomic mass is 79.9. The number of anilines is 1. The molecule has 0 amide bonds. The second kappa shape index (κ2) is 6.25. The number of hydrogen-bond donors (Lipinski definition) is 3. The Kier molecular flexibility index (Phi) is 5.54. The summed E-state index contributed by atoms with van der Waals surface area (Å²) in [5, 5.41) is 22.2. The van der Waals surface area contributed by atoms with E-state index in [-0.39, 0.29) is 13.2 Å². The number of nitrogens with one attached hydrogen (secondary N) is 1. The van der Waals surface area contributed by atoms with Gasteiger partial charge in [-0.2, -0.15) is 0 Å². The molecule has 0 radical (unpaired) electrons. The average molecular weight is 343 g/mol. The minimum atomic E-state index is -0.594. The van der Waals surface area contributed by atoms with Gasteiger partial charge < -0.3 is 15.5 Å². The predicted molar refractivity (Wildman–Crippen MR) is 74.9 cm³/mol. The summed E-state index contributed by atoms with van der Waals surface area (Å²) in [4.78, 5) is 0. The summed E-state index contributed by atoms with van der Waals surface area (Å²) < 4.78 is 0.724. The molecule has 0 aliphatic rings. The Bertz CT molecular complexity index is 397. The zero-order valence-electron chi connectivity index (χ0n) is 9.30. The summed E-state index contributed by atoms with van der Waals surface area (Å²) in [5.41, 5.74) is 0.0797. The van der Waals surface area contributed by atoms with Crippen LogP contribution in [0.5, 0.6) is 0 Å². The molecule has 0 heterocycles. The maximum atomic E-state index is 9.16. The van der Waals surface area contributed by atoms with Crippen molar-refractivity contribution < 1.29 is 10.2 Å². The molecule has 0 saturated heterocycles. The lowest BCUT2D eigenvalue weighted by Gasteiger charge is -2.25. The highest BCUT2D eigenvalue weighted by Crippen LogP contribution is 2.36. The van der Waals surface area contributed by atoms with Crippen LogP contribution < -0.4 is 5.32 Å². The molecule has 1 aromatic carbocycles.